The molecule has 55 heavy (non-hydrogen) atoms. The van der Waals surface area contributed by atoms with Crippen LogP contribution >= 0.6 is 38.6 Å². The van der Waals surface area contributed by atoms with Gasteiger partial charge in [-0.3, -0.25) is 9.59 Å². The number of aromatic nitrogens is 4. The molecule has 17 heteroatoms. The van der Waals surface area contributed by atoms with Crippen molar-refractivity contribution in [1.29, 1.82) is 0 Å². The Hall–Kier alpha value is -4.36. The average molecular weight is 860 g/mol. The van der Waals surface area contributed by atoms with Gasteiger partial charge in [-0.05, 0) is 52.0 Å². The lowest BCUT2D eigenvalue weighted by Gasteiger charge is -2.14. The molecule has 0 aliphatic heterocycles. The van der Waals surface area contributed by atoms with Gasteiger partial charge in [0.1, 0.15) is 18.1 Å². The summed E-state index contributed by atoms with van der Waals surface area (Å²) < 4.78 is 25.5. The lowest BCUT2D eigenvalue weighted by Crippen LogP contribution is -2.22. The maximum absolute atomic E-state index is 12.5. The first-order valence-corrected chi connectivity index (χ1v) is 20.0. The van der Waals surface area contributed by atoms with Crippen molar-refractivity contribution in [3.8, 4) is 34.3 Å². The van der Waals surface area contributed by atoms with Crippen LogP contribution in [0.4, 0.5) is 10.3 Å². The Morgan fingerprint density at radius 3 is 1.62 bits per heavy atom. The van der Waals surface area contributed by atoms with Crippen molar-refractivity contribution < 1.29 is 28.8 Å². The summed E-state index contributed by atoms with van der Waals surface area (Å²) in [5, 5.41) is 23.4. The zero-order valence-electron chi connectivity index (χ0n) is 31.9. The molecule has 296 valence electrons. The van der Waals surface area contributed by atoms with Gasteiger partial charge in [-0.25, -0.2) is 9.97 Å². The Morgan fingerprint density at radius 2 is 1.18 bits per heavy atom. The zero-order valence-corrected chi connectivity index (χ0v) is 35.1. The SMILES string of the molecule is CC(C)Nc1nc(-c2cc(=O)c3ccc(O)cc3[nH]2)cs1.COC(CBr)OC.COC(COc1ccc2c(=O)cc(-c3csc(NC(C)C)n3)[nH]c2c1)OC. The molecule has 5 N–H and O–H groups in total. The molecule has 0 fully saturated rings. The number of methoxy groups -OCH3 is 4. The van der Waals surface area contributed by atoms with Gasteiger partial charge in [-0.2, -0.15) is 0 Å². The van der Waals surface area contributed by atoms with E-state index in [0.29, 0.717) is 56.7 Å². The normalized spacial score (nSPS) is 11.2. The summed E-state index contributed by atoms with van der Waals surface area (Å²) in [6, 6.07) is 13.7. The van der Waals surface area contributed by atoms with E-state index in [4.69, 9.17) is 23.7 Å². The molecule has 0 spiro atoms. The fraction of sp³-hybridized carbons (Fsp3) is 0.368. The number of halogens is 1. The number of ether oxygens (including phenoxy) is 5. The summed E-state index contributed by atoms with van der Waals surface area (Å²) in [7, 11) is 6.32. The van der Waals surface area contributed by atoms with E-state index in [-0.39, 0.29) is 29.5 Å². The molecular formula is C38H47BrN6O8S2. The van der Waals surface area contributed by atoms with Crippen LogP contribution in [0, 0.1) is 0 Å². The number of fused-ring (bicyclic) bond motifs is 2. The molecule has 0 atom stereocenters. The molecule has 4 aromatic heterocycles. The molecule has 0 amide bonds. The third-order valence-corrected chi connectivity index (χ3v) is 9.64. The highest BCUT2D eigenvalue weighted by Crippen LogP contribution is 2.27. The van der Waals surface area contributed by atoms with Gasteiger partial charge in [0.2, 0.25) is 0 Å². The minimum absolute atomic E-state index is 0.0664. The summed E-state index contributed by atoms with van der Waals surface area (Å²) in [6.45, 7) is 8.44. The van der Waals surface area contributed by atoms with Gasteiger partial charge in [-0.15, -0.1) is 22.7 Å². The van der Waals surface area contributed by atoms with Crippen molar-refractivity contribution in [1.82, 2.24) is 19.9 Å². The van der Waals surface area contributed by atoms with Crippen LogP contribution in [-0.2, 0) is 18.9 Å². The van der Waals surface area contributed by atoms with Crippen molar-refractivity contribution in [2.75, 3.05) is 51.0 Å². The number of aromatic hydroxyl groups is 1. The number of nitrogens with one attached hydrogen (secondary N) is 4. The molecule has 6 aromatic rings. The zero-order chi connectivity index (χ0) is 40.1. The summed E-state index contributed by atoms with van der Waals surface area (Å²) in [5.41, 5.74) is 3.89. The summed E-state index contributed by atoms with van der Waals surface area (Å²) in [6.07, 6.45) is -0.548. The van der Waals surface area contributed by atoms with Crippen LogP contribution in [0.1, 0.15) is 27.7 Å². The van der Waals surface area contributed by atoms with Crippen molar-refractivity contribution >= 4 is 70.7 Å². The largest absolute Gasteiger partial charge is 0.508 e. The lowest BCUT2D eigenvalue weighted by molar-refractivity contribution is -0.121. The fourth-order valence-corrected chi connectivity index (χ4v) is 7.12. The summed E-state index contributed by atoms with van der Waals surface area (Å²) in [5.74, 6) is 0.741. The molecule has 14 nitrogen and oxygen atoms in total. The number of phenolic OH excluding ortho intramolecular Hbond substituents is 1. The number of hydrogen-bond acceptors (Lipinski definition) is 14. The smallest absolute Gasteiger partial charge is 0.191 e. The van der Waals surface area contributed by atoms with E-state index in [9.17, 15) is 14.7 Å². The second-order valence-electron chi connectivity index (χ2n) is 12.5. The van der Waals surface area contributed by atoms with Gasteiger partial charge in [0.05, 0.1) is 39.1 Å². The van der Waals surface area contributed by atoms with E-state index < -0.39 is 6.29 Å². The van der Waals surface area contributed by atoms with Crippen LogP contribution in [0.5, 0.6) is 11.5 Å². The number of benzene rings is 2. The topological polar surface area (TPSA) is 182 Å². The van der Waals surface area contributed by atoms with Gasteiger partial charge in [0.15, 0.2) is 33.7 Å². The van der Waals surface area contributed by atoms with Crippen LogP contribution in [-0.4, -0.2) is 90.1 Å². The van der Waals surface area contributed by atoms with E-state index in [1.54, 1.807) is 64.8 Å². The van der Waals surface area contributed by atoms with Gasteiger partial charge in [0, 0.05) is 86.3 Å². The highest BCUT2D eigenvalue weighted by molar-refractivity contribution is 9.09. The molecule has 0 unspecified atom stereocenters. The number of hydrogen-bond donors (Lipinski definition) is 5. The number of anilines is 2. The third-order valence-electron chi connectivity index (χ3n) is 7.56. The molecule has 0 aliphatic carbocycles. The molecule has 2 aromatic carbocycles. The van der Waals surface area contributed by atoms with Crippen molar-refractivity contribution in [3.63, 3.8) is 0 Å². The lowest BCUT2D eigenvalue weighted by atomic mass is 10.1. The van der Waals surface area contributed by atoms with Crippen LogP contribution < -0.4 is 26.2 Å². The Balaban J connectivity index is 0.000000213. The fourth-order valence-electron chi connectivity index (χ4n) is 4.88. The maximum atomic E-state index is 12.5. The van der Waals surface area contributed by atoms with E-state index in [1.807, 2.05) is 24.6 Å². The van der Waals surface area contributed by atoms with Gasteiger partial charge in [0.25, 0.3) is 0 Å². The molecule has 0 aliphatic rings. The molecule has 0 radical (unpaired) electrons. The number of rotatable bonds is 14. The Bertz CT molecular complexity index is 2230. The first kappa shape index (κ1) is 43.4. The van der Waals surface area contributed by atoms with Crippen LogP contribution in [0.2, 0.25) is 0 Å². The van der Waals surface area contributed by atoms with Crippen LogP contribution in [0.3, 0.4) is 0 Å². The Morgan fingerprint density at radius 1 is 0.709 bits per heavy atom. The highest BCUT2D eigenvalue weighted by Gasteiger charge is 2.12. The van der Waals surface area contributed by atoms with Crippen molar-refractivity contribution in [2.45, 2.75) is 52.4 Å². The van der Waals surface area contributed by atoms with Crippen LogP contribution in [0.25, 0.3) is 44.6 Å². The van der Waals surface area contributed by atoms with Gasteiger partial charge >= 0.3 is 0 Å². The van der Waals surface area contributed by atoms with Crippen molar-refractivity contribution in [3.05, 3.63) is 79.7 Å². The molecule has 6 rings (SSSR count). The number of H-pyrrole nitrogens is 2. The first-order chi connectivity index (χ1) is 26.4. The van der Waals surface area contributed by atoms with E-state index >= 15 is 0 Å². The highest BCUT2D eigenvalue weighted by atomic mass is 79.9. The molecule has 4 heterocycles. The van der Waals surface area contributed by atoms with E-state index in [1.165, 1.54) is 34.8 Å². The minimum Gasteiger partial charge on any atom is -0.508 e. The number of aromatic amines is 2. The minimum atomic E-state index is -0.451. The Kier molecular flexibility index (Phi) is 16.6. The predicted octanol–water partition coefficient (Wildman–Crippen LogP) is 7.65. The summed E-state index contributed by atoms with van der Waals surface area (Å²) in [4.78, 5) is 40.1. The standard InChI is InChI=1S/C19H23N3O4S.C15H15N3O2S.C4H9BrO2/c1-11(2)20-19-22-16(10-27-19)15-8-17(23)13-6-5-12(7-14(13)21-15)26-9-18(24-3)25-4;1-8(2)16-15-18-13(7-21-15)12-6-14(20)10-4-3-9(19)5-11(10)17-12;1-6-4(3-5)7-2/h5-8,10-11,18H,9H2,1-4H3,(H,20,22)(H,21,23);3-8,19H,1-2H3,(H,16,18)(H,17,20);4H,3H2,1-2H3. The molecule has 0 saturated carbocycles. The second-order valence-corrected chi connectivity index (χ2v) is 14.8. The van der Waals surface area contributed by atoms with Crippen LogP contribution in [0.15, 0.2) is 68.9 Å². The quantitative estimate of drug-likeness (QED) is 0.0534. The van der Waals surface area contributed by atoms with Crippen molar-refractivity contribution in [2.24, 2.45) is 0 Å². The monoisotopic (exact) mass is 858 g/mol. The number of alkyl halides is 1. The number of nitrogens with zero attached hydrogens (tertiary/aromatic N) is 2. The summed E-state index contributed by atoms with van der Waals surface area (Å²) >= 11 is 6.19. The molecule has 0 saturated heterocycles. The first-order valence-electron chi connectivity index (χ1n) is 17.2. The average Bonchev–Trinajstić information content (AvgIpc) is 3.82. The molecule has 0 bridgehead atoms. The second kappa shape index (κ2) is 21.1. The predicted molar refractivity (Wildman–Crippen MR) is 225 cm³/mol. The van der Waals surface area contributed by atoms with Gasteiger partial charge < -0.3 is 49.4 Å². The van der Waals surface area contributed by atoms with E-state index in [0.717, 1.165) is 21.3 Å². The third kappa shape index (κ3) is 12.6. The Labute approximate surface area is 335 Å². The number of phenols is 1. The van der Waals surface area contributed by atoms with Gasteiger partial charge in [-0.1, -0.05) is 15.9 Å². The molecular weight excluding hydrogens is 812 g/mol. The number of pyridine rings is 2. The van der Waals surface area contributed by atoms with E-state index in [2.05, 4.69) is 60.3 Å². The number of thiazole rings is 2. The maximum Gasteiger partial charge on any atom is 0.191 e.